The number of carbonyl (C=O) groups excluding carboxylic acids is 1. The summed E-state index contributed by atoms with van der Waals surface area (Å²) in [5.74, 6) is 0.842. The van der Waals surface area contributed by atoms with Gasteiger partial charge in [0.15, 0.2) is 5.78 Å². The Bertz CT molecular complexity index is 371. The molecule has 1 heterocycles. The number of fused-ring (bicyclic) bond motifs is 1. The Hall–Kier alpha value is -1.35. The number of hydrogen-bond donors (Lipinski definition) is 1. The highest BCUT2D eigenvalue weighted by Crippen LogP contribution is 2.29. The molecule has 3 heteroatoms. The fourth-order valence-electron chi connectivity index (χ4n) is 1.64. The average Bonchev–Trinajstić information content (AvgIpc) is 2.58. The highest BCUT2D eigenvalue weighted by atomic mass is 16.5. The van der Waals surface area contributed by atoms with Gasteiger partial charge in [0.05, 0.1) is 6.61 Å². The first kappa shape index (κ1) is 9.21. The number of hydrogen-bond acceptors (Lipinski definition) is 3. The summed E-state index contributed by atoms with van der Waals surface area (Å²) in [5.41, 5.74) is 1.71. The molecule has 0 spiro atoms. The molecule has 0 saturated carbocycles. The van der Waals surface area contributed by atoms with Crippen LogP contribution in [-0.2, 0) is 6.42 Å². The smallest absolute Gasteiger partial charge is 0.159 e. The number of Topliss-reactive ketones (excluding diaryl/α,β-unsaturated/α-hetero) is 1. The van der Waals surface area contributed by atoms with Crippen molar-refractivity contribution in [1.82, 2.24) is 0 Å². The molecule has 1 N–H and O–H groups in total. The van der Waals surface area contributed by atoms with E-state index in [0.717, 1.165) is 11.3 Å². The van der Waals surface area contributed by atoms with Crippen LogP contribution in [-0.4, -0.2) is 23.6 Å². The molecule has 0 fully saturated rings. The fourth-order valence-corrected chi connectivity index (χ4v) is 1.64. The molecule has 1 aromatic carbocycles. The minimum Gasteiger partial charge on any atom is -0.487 e. The second-order valence-corrected chi connectivity index (χ2v) is 3.51. The highest BCUT2D eigenvalue weighted by molar-refractivity contribution is 5.94. The molecule has 1 aliphatic heterocycles. The topological polar surface area (TPSA) is 46.5 Å². The van der Waals surface area contributed by atoms with Gasteiger partial charge in [-0.2, -0.15) is 0 Å². The van der Waals surface area contributed by atoms with Crippen molar-refractivity contribution in [3.63, 3.8) is 0 Å². The van der Waals surface area contributed by atoms with Crippen molar-refractivity contribution in [2.75, 3.05) is 6.61 Å². The maximum Gasteiger partial charge on any atom is 0.159 e. The zero-order valence-electron chi connectivity index (χ0n) is 7.99. The molecule has 1 aliphatic rings. The van der Waals surface area contributed by atoms with E-state index >= 15 is 0 Å². The monoisotopic (exact) mass is 192 g/mol. The van der Waals surface area contributed by atoms with E-state index in [-0.39, 0.29) is 18.5 Å². The molecule has 0 aliphatic carbocycles. The lowest BCUT2D eigenvalue weighted by Crippen LogP contribution is -2.17. The normalized spacial score (nSPS) is 18.9. The largest absolute Gasteiger partial charge is 0.487 e. The summed E-state index contributed by atoms with van der Waals surface area (Å²) in [5, 5.41) is 8.92. The van der Waals surface area contributed by atoms with E-state index in [9.17, 15) is 4.79 Å². The predicted molar refractivity (Wildman–Crippen MR) is 51.7 cm³/mol. The Labute approximate surface area is 82.3 Å². The molecule has 1 aromatic rings. The molecule has 0 radical (unpaired) electrons. The van der Waals surface area contributed by atoms with Gasteiger partial charge in [0, 0.05) is 12.0 Å². The van der Waals surface area contributed by atoms with Crippen LogP contribution in [0.1, 0.15) is 22.8 Å². The summed E-state index contributed by atoms with van der Waals surface area (Å²) in [4.78, 5) is 11.1. The Morgan fingerprint density at radius 2 is 2.43 bits per heavy atom. The maximum absolute atomic E-state index is 11.1. The number of rotatable bonds is 2. The van der Waals surface area contributed by atoms with E-state index in [1.807, 2.05) is 6.07 Å². The van der Waals surface area contributed by atoms with Crippen LogP contribution >= 0.6 is 0 Å². The van der Waals surface area contributed by atoms with Crippen molar-refractivity contribution < 1.29 is 14.6 Å². The van der Waals surface area contributed by atoms with Gasteiger partial charge in [-0.25, -0.2) is 0 Å². The third kappa shape index (κ3) is 1.51. The molecule has 74 valence electrons. The third-order valence-electron chi connectivity index (χ3n) is 2.41. The number of ether oxygens (including phenoxy) is 1. The molecule has 0 saturated heterocycles. The molecule has 0 aromatic heterocycles. The summed E-state index contributed by atoms with van der Waals surface area (Å²) in [6.45, 7) is 1.56. The lowest BCUT2D eigenvalue weighted by atomic mass is 10.0. The summed E-state index contributed by atoms with van der Waals surface area (Å²) in [6, 6.07) is 5.38. The van der Waals surface area contributed by atoms with Crippen molar-refractivity contribution in [2.45, 2.75) is 19.4 Å². The Morgan fingerprint density at radius 1 is 1.64 bits per heavy atom. The fraction of sp³-hybridized carbons (Fsp3) is 0.364. The molecule has 0 bridgehead atoms. The second-order valence-electron chi connectivity index (χ2n) is 3.51. The SMILES string of the molecule is CC(=O)c1ccc2c(c1)CC(CO)O2. The van der Waals surface area contributed by atoms with Gasteiger partial charge in [-0.1, -0.05) is 0 Å². The zero-order chi connectivity index (χ0) is 10.1. The van der Waals surface area contributed by atoms with Crippen LogP contribution in [0.5, 0.6) is 5.75 Å². The number of carbonyl (C=O) groups is 1. The van der Waals surface area contributed by atoms with Gasteiger partial charge in [-0.3, -0.25) is 4.79 Å². The van der Waals surface area contributed by atoms with Crippen LogP contribution in [0, 0.1) is 0 Å². The first-order chi connectivity index (χ1) is 6.70. The van der Waals surface area contributed by atoms with Crippen LogP contribution in [0.2, 0.25) is 0 Å². The third-order valence-corrected chi connectivity index (χ3v) is 2.41. The van der Waals surface area contributed by atoms with Crippen LogP contribution in [0.25, 0.3) is 0 Å². The highest BCUT2D eigenvalue weighted by Gasteiger charge is 2.22. The predicted octanol–water partition coefficient (Wildman–Crippen LogP) is 1.18. The Balaban J connectivity index is 2.31. The van der Waals surface area contributed by atoms with Gasteiger partial charge in [0.1, 0.15) is 11.9 Å². The minimum atomic E-state index is -0.146. The summed E-state index contributed by atoms with van der Waals surface area (Å²) in [7, 11) is 0. The number of ketones is 1. The first-order valence-corrected chi connectivity index (χ1v) is 4.62. The van der Waals surface area contributed by atoms with Crippen LogP contribution in [0.15, 0.2) is 18.2 Å². The van der Waals surface area contributed by atoms with E-state index in [0.29, 0.717) is 12.0 Å². The molecule has 1 unspecified atom stereocenters. The molecule has 2 rings (SSSR count). The van der Waals surface area contributed by atoms with Crippen molar-refractivity contribution >= 4 is 5.78 Å². The molecular weight excluding hydrogens is 180 g/mol. The lowest BCUT2D eigenvalue weighted by molar-refractivity contribution is 0.101. The van der Waals surface area contributed by atoms with E-state index in [1.165, 1.54) is 0 Å². The second kappa shape index (κ2) is 3.42. The van der Waals surface area contributed by atoms with Gasteiger partial charge >= 0.3 is 0 Å². The standard InChI is InChI=1S/C11H12O3/c1-7(13)8-2-3-11-9(4-8)5-10(6-12)14-11/h2-4,10,12H,5-6H2,1H3. The van der Waals surface area contributed by atoms with Crippen molar-refractivity contribution in [3.8, 4) is 5.75 Å². The molecular formula is C11H12O3. The van der Waals surface area contributed by atoms with Gasteiger partial charge in [-0.15, -0.1) is 0 Å². The van der Waals surface area contributed by atoms with E-state index < -0.39 is 0 Å². The van der Waals surface area contributed by atoms with Crippen molar-refractivity contribution in [2.24, 2.45) is 0 Å². The molecule has 0 amide bonds. The Morgan fingerprint density at radius 3 is 3.07 bits per heavy atom. The van der Waals surface area contributed by atoms with E-state index in [1.54, 1.807) is 19.1 Å². The Kier molecular flexibility index (Phi) is 2.25. The van der Waals surface area contributed by atoms with Crippen LogP contribution in [0.3, 0.4) is 0 Å². The van der Waals surface area contributed by atoms with Crippen molar-refractivity contribution in [3.05, 3.63) is 29.3 Å². The minimum absolute atomic E-state index is 0.0179. The zero-order valence-corrected chi connectivity index (χ0v) is 7.99. The lowest BCUT2D eigenvalue weighted by Gasteiger charge is -2.04. The molecule has 1 atom stereocenters. The number of aliphatic hydroxyl groups is 1. The van der Waals surface area contributed by atoms with Crippen LogP contribution in [0.4, 0.5) is 0 Å². The van der Waals surface area contributed by atoms with Gasteiger partial charge in [0.2, 0.25) is 0 Å². The molecule has 14 heavy (non-hydrogen) atoms. The average molecular weight is 192 g/mol. The van der Waals surface area contributed by atoms with E-state index in [4.69, 9.17) is 9.84 Å². The van der Waals surface area contributed by atoms with E-state index in [2.05, 4.69) is 0 Å². The number of aliphatic hydroxyl groups excluding tert-OH is 1. The molecule has 3 nitrogen and oxygen atoms in total. The van der Waals surface area contributed by atoms with Crippen LogP contribution < -0.4 is 4.74 Å². The maximum atomic E-state index is 11.1. The summed E-state index contributed by atoms with van der Waals surface area (Å²) < 4.78 is 5.43. The summed E-state index contributed by atoms with van der Waals surface area (Å²) in [6.07, 6.45) is 0.541. The van der Waals surface area contributed by atoms with Gasteiger partial charge < -0.3 is 9.84 Å². The van der Waals surface area contributed by atoms with Crippen molar-refractivity contribution in [1.29, 1.82) is 0 Å². The van der Waals surface area contributed by atoms with Gasteiger partial charge in [0.25, 0.3) is 0 Å². The summed E-state index contributed by atoms with van der Waals surface area (Å²) >= 11 is 0. The van der Waals surface area contributed by atoms with Gasteiger partial charge in [-0.05, 0) is 30.7 Å². The quantitative estimate of drug-likeness (QED) is 0.716. The number of benzene rings is 1. The first-order valence-electron chi connectivity index (χ1n) is 4.62.